The lowest BCUT2D eigenvalue weighted by Crippen LogP contribution is -2.13. The number of unbranched alkanes of at least 4 members (excludes halogenated alkanes) is 8. The van der Waals surface area contributed by atoms with E-state index >= 15 is 0 Å². The Labute approximate surface area is 277 Å². The predicted octanol–water partition coefficient (Wildman–Crippen LogP) is 14.6. The summed E-state index contributed by atoms with van der Waals surface area (Å²) in [5, 5.41) is 9.39. The van der Waals surface area contributed by atoms with Crippen molar-refractivity contribution in [1.82, 2.24) is 0 Å². The molecule has 246 valence electrons. The molecule has 0 saturated carbocycles. The lowest BCUT2D eigenvalue weighted by molar-refractivity contribution is 0.227. The van der Waals surface area contributed by atoms with Gasteiger partial charge in [-0.1, -0.05) is 119 Å². The first-order valence-corrected chi connectivity index (χ1v) is 20.1. The number of ether oxygens (including phenoxy) is 2. The molecule has 2 aromatic carbocycles. The largest absolute Gasteiger partial charge is 0.492 e. The third-order valence-corrected chi connectivity index (χ3v) is 10.7. The van der Waals surface area contributed by atoms with Crippen molar-refractivity contribution >= 4 is 53.6 Å². The molecule has 0 spiro atoms. The van der Waals surface area contributed by atoms with Gasteiger partial charge in [0.25, 0.3) is 0 Å². The van der Waals surface area contributed by atoms with Crippen molar-refractivity contribution in [2.24, 2.45) is 11.8 Å². The average molecular weight is 639 g/mol. The van der Waals surface area contributed by atoms with Crippen LogP contribution in [0.25, 0.3) is 30.9 Å². The second kappa shape index (κ2) is 21.1. The first-order chi connectivity index (χ1) is 21.7. The van der Waals surface area contributed by atoms with Crippen molar-refractivity contribution in [2.75, 3.05) is 13.2 Å². The first kappa shape index (κ1) is 36.7. The fourth-order valence-electron chi connectivity index (χ4n) is 6.36. The molecule has 2 aromatic heterocycles. The molecule has 0 aliphatic rings. The van der Waals surface area contributed by atoms with E-state index in [4.69, 9.17) is 9.47 Å². The van der Waals surface area contributed by atoms with Gasteiger partial charge in [-0.15, -0.1) is 22.7 Å². The van der Waals surface area contributed by atoms with Crippen LogP contribution < -0.4 is 9.47 Å². The van der Waals surface area contributed by atoms with Crippen molar-refractivity contribution in [1.29, 1.82) is 0 Å². The number of hydrogen-bond donors (Lipinski definition) is 0. The summed E-state index contributed by atoms with van der Waals surface area (Å²) in [4.78, 5) is 0. The van der Waals surface area contributed by atoms with Crippen LogP contribution in [0.5, 0.6) is 11.5 Å². The van der Waals surface area contributed by atoms with E-state index in [2.05, 4.69) is 62.7 Å². The summed E-state index contributed by atoms with van der Waals surface area (Å²) >= 11 is 3.64. The highest BCUT2D eigenvalue weighted by Gasteiger charge is 2.20. The van der Waals surface area contributed by atoms with Crippen molar-refractivity contribution in [3.63, 3.8) is 0 Å². The zero-order chi connectivity index (χ0) is 31.6. The Morgan fingerprint density at radius 3 is 1.27 bits per heavy atom. The molecule has 0 fully saturated rings. The minimum Gasteiger partial charge on any atom is -0.492 e. The maximum atomic E-state index is 6.90. The quantitative estimate of drug-likeness (QED) is 0.0797. The number of hydrogen-bond acceptors (Lipinski definition) is 4. The Morgan fingerprint density at radius 2 is 0.886 bits per heavy atom. The van der Waals surface area contributed by atoms with Gasteiger partial charge in [0, 0.05) is 30.9 Å². The first-order valence-electron chi connectivity index (χ1n) is 18.3. The van der Waals surface area contributed by atoms with E-state index in [-0.39, 0.29) is 0 Å². The van der Waals surface area contributed by atoms with Gasteiger partial charge in [0.15, 0.2) is 0 Å². The zero-order valence-corrected chi connectivity index (χ0v) is 30.6. The van der Waals surface area contributed by atoms with Crippen LogP contribution in [-0.4, -0.2) is 13.2 Å². The molecule has 4 rings (SSSR count). The number of thiophene rings is 2. The Morgan fingerprint density at radius 1 is 0.500 bits per heavy atom. The number of rotatable bonds is 22. The lowest BCUT2D eigenvalue weighted by atomic mass is 9.95. The smallest absolute Gasteiger partial charge is 0.135 e. The molecule has 4 heteroatoms. The molecular formula is C40H62O2S2. The fourth-order valence-corrected chi connectivity index (χ4v) is 8.01. The Hall–Kier alpha value is -1.78. The molecule has 2 heterocycles. The van der Waals surface area contributed by atoms with E-state index in [0.717, 1.165) is 24.7 Å². The maximum Gasteiger partial charge on any atom is 0.135 e. The highest BCUT2D eigenvalue weighted by atomic mass is 32.1. The molecule has 0 amide bonds. The minimum absolute atomic E-state index is 0.624. The van der Waals surface area contributed by atoms with Crippen LogP contribution in [0, 0.1) is 11.8 Å². The summed E-state index contributed by atoms with van der Waals surface area (Å²) in [6.45, 7) is 14.8. The van der Waals surface area contributed by atoms with Gasteiger partial charge < -0.3 is 9.47 Å². The van der Waals surface area contributed by atoms with Gasteiger partial charge in [-0.2, -0.15) is 0 Å². The second-order valence-electron chi connectivity index (χ2n) is 12.5. The second-order valence-corrected chi connectivity index (χ2v) is 14.4. The topological polar surface area (TPSA) is 18.5 Å². The van der Waals surface area contributed by atoms with E-state index in [1.807, 2.05) is 36.5 Å². The summed E-state index contributed by atoms with van der Waals surface area (Å²) in [6, 6.07) is 9.26. The van der Waals surface area contributed by atoms with Gasteiger partial charge >= 0.3 is 0 Å². The van der Waals surface area contributed by atoms with Crippen LogP contribution in [0.3, 0.4) is 0 Å². The van der Waals surface area contributed by atoms with Crippen LogP contribution in [0.15, 0.2) is 35.0 Å². The lowest BCUT2D eigenvalue weighted by Gasteiger charge is -2.21. The predicted molar refractivity (Wildman–Crippen MR) is 201 cm³/mol. The third kappa shape index (κ3) is 10.6. The highest BCUT2D eigenvalue weighted by molar-refractivity contribution is 7.17. The number of fused-ring (bicyclic) bond motifs is 3. The van der Waals surface area contributed by atoms with Crippen molar-refractivity contribution in [2.45, 2.75) is 144 Å². The van der Waals surface area contributed by atoms with Gasteiger partial charge in [0.2, 0.25) is 0 Å². The standard InChI is InChI=1S/C38H56O2S2.C2H6/c1-5-9-13-15-19-29(17-11-7-3)27-39-37-31-21-23-41-35(31)26-34-33(37)25-36-32(22-24-42-36)38(34)40-28-30(18-12-8-4)20-16-14-10-6-2;1-2/h21-26,29-30H,5-20,27-28H2,1-4H3;1-2H3. The van der Waals surface area contributed by atoms with Crippen molar-refractivity contribution in [3.05, 3.63) is 35.0 Å². The highest BCUT2D eigenvalue weighted by Crippen LogP contribution is 2.46. The van der Waals surface area contributed by atoms with Gasteiger partial charge in [-0.25, -0.2) is 0 Å². The normalized spacial score (nSPS) is 12.9. The molecule has 0 aliphatic carbocycles. The molecule has 0 saturated heterocycles. The van der Waals surface area contributed by atoms with E-state index in [9.17, 15) is 0 Å². The molecule has 4 aromatic rings. The van der Waals surface area contributed by atoms with Crippen LogP contribution in [0.1, 0.15) is 144 Å². The fraction of sp³-hybridized carbons (Fsp3) is 0.650. The van der Waals surface area contributed by atoms with E-state index in [0.29, 0.717) is 11.8 Å². The van der Waals surface area contributed by atoms with Gasteiger partial charge in [-0.05, 0) is 72.5 Å². The van der Waals surface area contributed by atoms with E-state index in [1.165, 1.54) is 134 Å². The molecule has 2 unspecified atom stereocenters. The average Bonchev–Trinajstić information content (AvgIpc) is 3.73. The third-order valence-electron chi connectivity index (χ3n) is 9.00. The summed E-state index contributed by atoms with van der Waals surface area (Å²) in [6.07, 6.45) is 20.8. The minimum atomic E-state index is 0.624. The van der Waals surface area contributed by atoms with Crippen molar-refractivity contribution < 1.29 is 9.47 Å². The molecule has 0 bridgehead atoms. The molecule has 0 aliphatic heterocycles. The SMILES string of the molecule is CC.CCCCCCC(CCCC)COc1c2ccsc2cc2c(OCC(CCCC)CCCCCC)c3ccsc3cc12. The maximum absolute atomic E-state index is 6.90. The van der Waals surface area contributed by atoms with E-state index in [1.54, 1.807) is 0 Å². The van der Waals surface area contributed by atoms with Gasteiger partial charge in [0.1, 0.15) is 11.5 Å². The molecule has 0 radical (unpaired) electrons. The summed E-state index contributed by atoms with van der Waals surface area (Å²) in [5.41, 5.74) is 0. The van der Waals surface area contributed by atoms with Crippen LogP contribution in [0.2, 0.25) is 0 Å². The number of benzene rings is 2. The summed E-state index contributed by atoms with van der Waals surface area (Å²) in [5.74, 6) is 3.39. The molecule has 2 atom stereocenters. The van der Waals surface area contributed by atoms with Crippen LogP contribution >= 0.6 is 22.7 Å². The van der Waals surface area contributed by atoms with Gasteiger partial charge in [0.05, 0.1) is 13.2 Å². The van der Waals surface area contributed by atoms with Crippen LogP contribution in [0.4, 0.5) is 0 Å². The molecular weight excluding hydrogens is 577 g/mol. The zero-order valence-electron chi connectivity index (χ0n) is 29.0. The Bertz CT molecular complexity index is 1220. The Kier molecular flexibility index (Phi) is 17.6. The van der Waals surface area contributed by atoms with Crippen molar-refractivity contribution in [3.8, 4) is 11.5 Å². The summed E-state index contributed by atoms with van der Waals surface area (Å²) < 4.78 is 16.4. The molecule has 2 nitrogen and oxygen atoms in total. The monoisotopic (exact) mass is 638 g/mol. The molecule has 44 heavy (non-hydrogen) atoms. The van der Waals surface area contributed by atoms with Gasteiger partial charge in [-0.3, -0.25) is 0 Å². The summed E-state index contributed by atoms with van der Waals surface area (Å²) in [7, 11) is 0. The molecule has 0 N–H and O–H groups in total. The van der Waals surface area contributed by atoms with E-state index < -0.39 is 0 Å². The van der Waals surface area contributed by atoms with Crippen LogP contribution in [-0.2, 0) is 0 Å². The Balaban J connectivity index is 0.00000259.